The molecule has 0 unspecified atom stereocenters. The normalized spacial score (nSPS) is 22.2. The van der Waals surface area contributed by atoms with Crippen LogP contribution in [0.3, 0.4) is 0 Å². The second-order valence-electron chi connectivity index (χ2n) is 13.8. The first-order valence-corrected chi connectivity index (χ1v) is 22.1. The lowest BCUT2D eigenvalue weighted by Crippen LogP contribution is -2.26. The van der Waals surface area contributed by atoms with Crippen LogP contribution in [0.25, 0.3) is 44.5 Å². The van der Waals surface area contributed by atoms with Crippen molar-refractivity contribution in [3.05, 3.63) is 276 Å². The van der Waals surface area contributed by atoms with Crippen LogP contribution < -0.4 is 31.8 Å². The molecule has 10 aromatic rings. The van der Waals surface area contributed by atoms with E-state index in [4.69, 9.17) is 30.2 Å². The minimum Gasteiger partial charge on any atom is -0.309 e. The van der Waals surface area contributed by atoms with E-state index in [1.165, 1.54) is 0 Å². The number of fused-ring (bicyclic) bond motifs is 10. The molecule has 0 atom stereocenters. The highest BCUT2D eigenvalue weighted by molar-refractivity contribution is 7.85. The first kappa shape index (κ1) is 15.1. The van der Waals surface area contributed by atoms with E-state index >= 15 is 9.13 Å². The maximum absolute atomic E-state index is 16.7. The molecule has 308 valence electrons. The Morgan fingerprint density at radius 2 is 0.523 bits per heavy atom. The summed E-state index contributed by atoms with van der Waals surface area (Å²) in [6.07, 6.45) is 0. The van der Waals surface area contributed by atoms with E-state index in [1.807, 2.05) is 0 Å². The molecule has 12 rings (SSSR count). The van der Waals surface area contributed by atoms with Crippen LogP contribution in [0.15, 0.2) is 254 Å². The third kappa shape index (κ3) is 5.95. The highest BCUT2D eigenvalue weighted by atomic mass is 31.2. The Morgan fingerprint density at radius 1 is 0.262 bits per heavy atom. The van der Waals surface area contributed by atoms with Gasteiger partial charge in [-0.25, -0.2) is 0 Å². The molecule has 0 aliphatic heterocycles. The minimum atomic E-state index is -6.13. The molecule has 10 aromatic carbocycles. The number of hydrogen-bond acceptors (Lipinski definition) is 2. The largest absolute Gasteiger partial charge is 0.309 e. The number of rotatable bonds is 8. The summed E-state index contributed by atoms with van der Waals surface area (Å²) >= 11 is 0. The van der Waals surface area contributed by atoms with Crippen LogP contribution in [-0.4, -0.2) is 0 Å². The van der Waals surface area contributed by atoms with Crippen LogP contribution >= 0.6 is 14.3 Å². The predicted molar refractivity (Wildman–Crippen MR) is 272 cm³/mol. The molecule has 4 heteroatoms. The van der Waals surface area contributed by atoms with Crippen molar-refractivity contribution < 1.29 is 66.7 Å². The van der Waals surface area contributed by atoms with Crippen LogP contribution in [0.4, 0.5) is 0 Å². The molecule has 1 spiro atoms. The summed E-state index contributed by atoms with van der Waals surface area (Å²) in [5.41, 5.74) is -16.4. The van der Waals surface area contributed by atoms with Crippen LogP contribution in [0.2, 0.25) is 0 Å². The molecule has 65 heavy (non-hydrogen) atoms. The van der Waals surface area contributed by atoms with E-state index in [-0.39, 0.29) is 0 Å². The second-order valence-corrected chi connectivity index (χ2v) is 18.9. The smallest absolute Gasteiger partial charge is 0.171 e. The van der Waals surface area contributed by atoms with E-state index in [0.717, 1.165) is 0 Å². The van der Waals surface area contributed by atoms with Crippen LogP contribution in [0, 0.1) is 0 Å². The summed E-state index contributed by atoms with van der Waals surface area (Å²) in [4.78, 5) is 0. The van der Waals surface area contributed by atoms with E-state index < -0.39 is 372 Å². The van der Waals surface area contributed by atoms with Gasteiger partial charge in [0.1, 0.15) is 0 Å². The maximum Gasteiger partial charge on any atom is 0.171 e. The molecule has 0 N–H and O–H groups in total. The summed E-state index contributed by atoms with van der Waals surface area (Å²) in [6, 6.07) is -56.1. The third-order valence-corrected chi connectivity index (χ3v) is 15.7. The molecule has 0 saturated heterocycles. The van der Waals surface area contributed by atoms with Crippen molar-refractivity contribution in [1.82, 2.24) is 0 Å². The molecule has 0 heterocycles. The van der Waals surface area contributed by atoms with E-state index in [0.29, 0.717) is 0 Å². The van der Waals surface area contributed by atoms with Crippen molar-refractivity contribution in [2.75, 3.05) is 0 Å². The second kappa shape index (κ2) is 15.4. The highest BCUT2D eigenvalue weighted by Gasteiger charge is 2.51. The van der Waals surface area contributed by atoms with Gasteiger partial charge in [-0.3, -0.25) is 0 Å². The van der Waals surface area contributed by atoms with Crippen molar-refractivity contribution in [1.29, 1.82) is 0 Å². The van der Waals surface area contributed by atoms with Gasteiger partial charge < -0.3 is 9.13 Å². The molecule has 2 aliphatic rings. The first-order valence-electron chi connectivity index (χ1n) is 39.7. The fraction of sp³-hybridized carbons (Fsp3) is 0.0164. The van der Waals surface area contributed by atoms with Crippen LogP contribution in [-0.2, 0) is 14.5 Å². The minimum absolute atomic E-state index is 0.865. The van der Waals surface area contributed by atoms with Crippen molar-refractivity contribution >= 4 is 46.1 Å². The van der Waals surface area contributed by atoms with Crippen molar-refractivity contribution in [3.63, 3.8) is 0 Å². The monoisotopic (exact) mass is 911 g/mol. The molecule has 0 bridgehead atoms. The van der Waals surface area contributed by atoms with Gasteiger partial charge in [-0.15, -0.1) is 0 Å². The summed E-state index contributed by atoms with van der Waals surface area (Å²) in [6.45, 7) is 0. The van der Waals surface area contributed by atoms with Crippen LogP contribution in [0.1, 0.15) is 79.8 Å². The van der Waals surface area contributed by atoms with Gasteiger partial charge in [0, 0.05) is 31.8 Å². The van der Waals surface area contributed by atoms with Crippen LogP contribution in [0.5, 0.6) is 0 Å². The average molecular weight is 911 g/mol. The van der Waals surface area contributed by atoms with Gasteiger partial charge in [0.25, 0.3) is 0 Å². The Balaban J connectivity index is 1.27. The van der Waals surface area contributed by atoms with Crippen molar-refractivity contribution in [3.8, 4) is 44.5 Å². The lowest BCUT2D eigenvalue weighted by molar-refractivity contribution is 0.591. The summed E-state index contributed by atoms with van der Waals surface area (Å²) < 4.78 is 420. The quantitative estimate of drug-likeness (QED) is 0.142. The van der Waals surface area contributed by atoms with Gasteiger partial charge in [0.15, 0.2) is 14.3 Å². The molecule has 0 saturated carbocycles. The molecular formula is C61H42O2P2. The maximum atomic E-state index is 16.7. The standard InChI is InChI=1S/C61H42O2P2/c62-64(47-17-5-1-6-18-47,48-19-7-2-8-20-48)51-35-29-43(30-36-51)45-33-39-55-56-40-34-46(42-60(56)61(59(55)41-45)57-27-15-13-25-53(57)54-26-14-16-28-58(54)61)44-31-37-52(38-32-44)65(63,49-21-9-3-10-22-49)50-23-11-4-12-24-50/h1-42H/i1D,2D,3D,4D,5D,6D,7D,8D,9D,10D,11D,12D,13D,14D,15D,16D,17D,18D,19D,20D,21D,22D,23D,24D,25D,26D,27D,28D,29D,30D,31D,32D,33D,34D,35D,36D,37D,38D,39D,40D,41D,42D. The third-order valence-electron chi connectivity index (χ3n) is 10.6. The Hall–Kier alpha value is -7.34. The van der Waals surface area contributed by atoms with Gasteiger partial charge in [0.2, 0.25) is 0 Å². The van der Waals surface area contributed by atoms with Gasteiger partial charge in [-0.2, -0.15) is 0 Å². The van der Waals surface area contributed by atoms with E-state index in [9.17, 15) is 27.4 Å². The van der Waals surface area contributed by atoms with Gasteiger partial charge >= 0.3 is 0 Å². The van der Waals surface area contributed by atoms with Crippen molar-refractivity contribution in [2.24, 2.45) is 0 Å². The average Bonchev–Trinajstić information content (AvgIpc) is 1.48. The molecule has 0 radical (unpaired) electrons. The molecule has 2 nitrogen and oxygen atoms in total. The fourth-order valence-corrected chi connectivity index (χ4v) is 11.7. The molecule has 0 aromatic heterocycles. The van der Waals surface area contributed by atoms with E-state index in [1.54, 1.807) is 0 Å². The predicted octanol–water partition coefficient (Wildman–Crippen LogP) is 12.6. The zero-order valence-electron chi connectivity index (χ0n) is 74.2. The summed E-state index contributed by atoms with van der Waals surface area (Å²) in [5.74, 6) is 0. The molecule has 0 amide bonds. The van der Waals surface area contributed by atoms with Gasteiger partial charge in [-0.05, 0) is 78.8 Å². The Morgan fingerprint density at radius 3 is 0.862 bits per heavy atom. The van der Waals surface area contributed by atoms with Gasteiger partial charge in [-0.1, -0.05) is 242 Å². The van der Waals surface area contributed by atoms with Gasteiger partial charge in [0.05, 0.1) is 63.0 Å². The Bertz CT molecular complexity index is 5380. The SMILES string of the molecule is [2H]c1c([2H])c([2H])c(P(=O)(c2c([2H])c([2H])c([2H])c([2H])c2[2H])c2c([2H])c([2H])c(-c3c([2H])c([2H])c4c(c3[2H])C3(c5c([2H])c([2H])c([2H])c([2H])c5-c5c([2H])c([2H])c([2H])c([2H])c53)c3c([2H])c(-c5c([2H])c([2H])c(P(=O)(c6c([2H])c([2H])c([2H])c([2H])c6[2H])c6c([2H])c([2H])c([2H])c([2H])c6[2H])c([2H])c5[2H])c([2H])c([2H])c3-4)c([2H])c2[2H])c([2H])c1[2H]. The number of benzene rings is 10. The topological polar surface area (TPSA) is 34.1 Å². The Labute approximate surface area is 439 Å². The van der Waals surface area contributed by atoms with E-state index in [2.05, 4.69) is 0 Å². The zero-order chi connectivity index (χ0) is 80.1. The molecule has 2 aliphatic carbocycles. The fourth-order valence-electron chi connectivity index (χ4n) is 7.76. The first-order chi connectivity index (χ1) is 49.5. The summed E-state index contributed by atoms with van der Waals surface area (Å²) in [7, 11) is -12.3. The summed E-state index contributed by atoms with van der Waals surface area (Å²) in [5, 5.41) is -8.68. The zero-order valence-corrected chi connectivity index (χ0v) is 34.0. The number of hydrogen-bond donors (Lipinski definition) is 0. The molecule has 0 fully saturated rings. The molecular weight excluding hydrogens is 827 g/mol. The highest BCUT2D eigenvalue weighted by Crippen LogP contribution is 2.63. The lowest BCUT2D eigenvalue weighted by Gasteiger charge is -2.31. The Kier molecular flexibility index (Phi) is 3.59. The lowest BCUT2D eigenvalue weighted by atomic mass is 9.70. The van der Waals surface area contributed by atoms with Crippen molar-refractivity contribution in [2.45, 2.75) is 5.41 Å².